The van der Waals surface area contributed by atoms with E-state index in [1.807, 2.05) is 6.92 Å². The summed E-state index contributed by atoms with van der Waals surface area (Å²) in [6.45, 7) is 9.61. The first-order chi connectivity index (χ1) is 9.32. The van der Waals surface area contributed by atoms with Crippen LogP contribution in [0.3, 0.4) is 0 Å². The highest BCUT2D eigenvalue weighted by Gasteiger charge is 2.49. The van der Waals surface area contributed by atoms with Crippen molar-refractivity contribution in [3.05, 3.63) is 23.4 Å². The smallest absolute Gasteiger partial charge is 0.129 e. The molecule has 0 saturated carbocycles. The van der Waals surface area contributed by atoms with E-state index in [-0.39, 0.29) is 17.0 Å². The number of nitrogens with one attached hydrogen (secondary N) is 2. The number of rotatable bonds is 0. The summed E-state index contributed by atoms with van der Waals surface area (Å²) in [4.78, 5) is 4.68. The maximum absolute atomic E-state index is 8.31. The molecular weight excluding hydrogens is 234 g/mol. The Labute approximate surface area is 117 Å². The Morgan fingerprint density at radius 2 is 2.16 bits per heavy atom. The van der Waals surface area contributed by atoms with E-state index in [4.69, 9.17) is 1.41 Å². The molecule has 1 saturated heterocycles. The molecule has 2 atom stereocenters. The molecule has 2 aliphatic rings. The minimum Gasteiger partial charge on any atom is -0.363 e. The second kappa shape index (κ2) is 4.20. The van der Waals surface area contributed by atoms with Gasteiger partial charge in [-0.3, -0.25) is 0 Å². The van der Waals surface area contributed by atoms with Crippen LogP contribution in [0.25, 0.3) is 0 Å². The first-order valence-electron chi connectivity index (χ1n) is 7.77. The van der Waals surface area contributed by atoms with Crippen LogP contribution in [0.2, 0.25) is 1.41 Å². The minimum atomic E-state index is 0.00773. The van der Waals surface area contributed by atoms with Gasteiger partial charge in [0, 0.05) is 11.7 Å². The average molecular weight is 260 g/mol. The lowest BCUT2D eigenvalue weighted by molar-refractivity contribution is 0.211. The first-order valence-corrected chi connectivity index (χ1v) is 7.32. The van der Waals surface area contributed by atoms with E-state index >= 15 is 0 Å². The van der Waals surface area contributed by atoms with Crippen LogP contribution >= 0.6 is 0 Å². The molecule has 0 aliphatic carbocycles. The topological polar surface area (TPSA) is 37.0 Å². The quantitative estimate of drug-likeness (QED) is 0.753. The number of aromatic nitrogens is 1. The van der Waals surface area contributed by atoms with Crippen molar-refractivity contribution in [3.8, 4) is 0 Å². The predicted octanol–water partition coefficient (Wildman–Crippen LogP) is 2.89. The Kier molecular flexibility index (Phi) is 2.59. The van der Waals surface area contributed by atoms with Crippen molar-refractivity contribution in [2.24, 2.45) is 5.41 Å². The summed E-state index contributed by atoms with van der Waals surface area (Å²) in [5, 5.41) is 5.51. The third kappa shape index (κ3) is 2.14. The Morgan fingerprint density at radius 3 is 2.89 bits per heavy atom. The van der Waals surface area contributed by atoms with Gasteiger partial charge in [0.1, 0.15) is 7.23 Å². The molecule has 19 heavy (non-hydrogen) atoms. The molecule has 1 unspecified atom stereocenters. The summed E-state index contributed by atoms with van der Waals surface area (Å²) in [6.07, 6.45) is 3.20. The molecule has 1 spiro atoms. The largest absolute Gasteiger partial charge is 0.363 e. The highest BCUT2D eigenvalue weighted by atomic mass is 15.2. The fourth-order valence-corrected chi connectivity index (χ4v) is 3.75. The van der Waals surface area contributed by atoms with E-state index in [9.17, 15) is 0 Å². The van der Waals surface area contributed by atoms with Crippen LogP contribution < -0.4 is 10.6 Å². The molecular formula is C16H25N3. The van der Waals surface area contributed by atoms with E-state index in [1.54, 1.807) is 5.31 Å². The Balaban J connectivity index is 1.98. The second-order valence-electron chi connectivity index (χ2n) is 7.17. The Morgan fingerprint density at radius 1 is 1.37 bits per heavy atom. The summed E-state index contributed by atoms with van der Waals surface area (Å²) < 4.78 is 8.31. The Hall–Kier alpha value is -1.09. The lowest BCUT2D eigenvalue weighted by Gasteiger charge is -2.45. The zero-order valence-corrected chi connectivity index (χ0v) is 12.5. The molecule has 0 radical (unpaired) electrons. The zero-order valence-electron chi connectivity index (χ0n) is 13.5. The van der Waals surface area contributed by atoms with Gasteiger partial charge in [0.25, 0.3) is 0 Å². The molecule has 0 amide bonds. The molecule has 104 valence electrons. The highest BCUT2D eigenvalue weighted by Crippen LogP contribution is 2.42. The van der Waals surface area contributed by atoms with Crippen molar-refractivity contribution in [2.75, 3.05) is 11.9 Å². The van der Waals surface area contributed by atoms with E-state index in [0.717, 1.165) is 37.3 Å². The van der Waals surface area contributed by atoms with E-state index in [2.05, 4.69) is 43.2 Å². The maximum Gasteiger partial charge on any atom is 0.129 e. The van der Waals surface area contributed by atoms with Crippen LogP contribution in [0.15, 0.2) is 12.1 Å². The van der Waals surface area contributed by atoms with Crippen molar-refractivity contribution in [3.63, 3.8) is 0 Å². The third-order valence-corrected chi connectivity index (χ3v) is 4.54. The van der Waals surface area contributed by atoms with Crippen molar-refractivity contribution in [1.82, 2.24) is 10.3 Å². The van der Waals surface area contributed by atoms with Crippen molar-refractivity contribution in [2.45, 2.75) is 58.5 Å². The average Bonchev–Trinajstić information content (AvgIpc) is 2.65. The van der Waals surface area contributed by atoms with Gasteiger partial charge in [-0.2, -0.15) is 0 Å². The van der Waals surface area contributed by atoms with Crippen LogP contribution in [0, 0.1) is 12.3 Å². The summed E-state index contributed by atoms with van der Waals surface area (Å²) >= 11 is 0. The lowest BCUT2D eigenvalue weighted by Crippen LogP contribution is -2.57. The molecule has 2 aliphatic heterocycles. The summed E-state index contributed by atoms with van der Waals surface area (Å²) in [7, 11) is 0. The van der Waals surface area contributed by atoms with Gasteiger partial charge in [-0.15, -0.1) is 0 Å². The molecule has 1 aromatic heterocycles. The number of anilines is 1. The number of pyridine rings is 1. The Bertz CT molecular complexity index is 523. The zero-order chi connectivity index (χ0) is 14.5. The van der Waals surface area contributed by atoms with Gasteiger partial charge in [-0.1, -0.05) is 26.8 Å². The molecule has 2 N–H and O–H groups in total. The van der Waals surface area contributed by atoms with E-state index in [0.29, 0.717) is 0 Å². The van der Waals surface area contributed by atoms with Crippen LogP contribution in [-0.4, -0.2) is 23.1 Å². The van der Waals surface area contributed by atoms with Gasteiger partial charge in [0.05, 0.1) is 5.54 Å². The van der Waals surface area contributed by atoms with Crippen molar-refractivity contribution in [1.29, 1.82) is 0 Å². The normalized spacial score (nSPS) is 32.0. The monoisotopic (exact) mass is 260 g/mol. The summed E-state index contributed by atoms with van der Waals surface area (Å²) in [6, 6.07) is 4.51. The number of aryl methyl sites for hydroxylation is 2. The van der Waals surface area contributed by atoms with Crippen molar-refractivity contribution < 1.29 is 1.41 Å². The van der Waals surface area contributed by atoms with Crippen LogP contribution in [-0.2, 0) is 6.42 Å². The maximum atomic E-state index is 8.31. The molecule has 3 rings (SSSR count). The van der Waals surface area contributed by atoms with Gasteiger partial charge in [0.15, 0.2) is 0 Å². The minimum absolute atomic E-state index is 0.00773. The summed E-state index contributed by atoms with van der Waals surface area (Å²) in [5.74, 6) is 1.04. The number of hydrogen-bond acceptors (Lipinski definition) is 3. The molecule has 3 heterocycles. The first kappa shape index (κ1) is 11.7. The SMILES string of the molecule is [2H]N1CC[C@]2(CCc3ccc(C)nc3N2)C1C(C)(C)C. The van der Waals surface area contributed by atoms with Crippen LogP contribution in [0.4, 0.5) is 5.82 Å². The lowest BCUT2D eigenvalue weighted by atomic mass is 9.71. The highest BCUT2D eigenvalue weighted by molar-refractivity contribution is 5.51. The standard InChI is InChI=1S/C16H25N3/c1-11-5-6-12-7-8-16(19-13(12)18-11)9-10-17-14(16)15(2,3)4/h5-6,14,17H,7-10H2,1-4H3,(H,18,19)/t14?,16-/m1/s1/i/hD. The fraction of sp³-hybridized carbons (Fsp3) is 0.688. The molecule has 3 heteroatoms. The number of fused-ring (bicyclic) bond motifs is 1. The van der Waals surface area contributed by atoms with E-state index < -0.39 is 0 Å². The number of nitrogens with zero attached hydrogens (tertiary/aromatic N) is 1. The third-order valence-electron chi connectivity index (χ3n) is 4.54. The van der Waals surface area contributed by atoms with Gasteiger partial charge >= 0.3 is 0 Å². The molecule has 0 aromatic carbocycles. The molecule has 1 aromatic rings. The van der Waals surface area contributed by atoms with Gasteiger partial charge in [-0.05, 0) is 49.8 Å². The fourth-order valence-electron chi connectivity index (χ4n) is 3.75. The molecule has 0 bridgehead atoms. The van der Waals surface area contributed by atoms with Gasteiger partial charge < -0.3 is 10.6 Å². The van der Waals surface area contributed by atoms with E-state index in [1.165, 1.54) is 5.56 Å². The second-order valence-corrected chi connectivity index (χ2v) is 7.17. The van der Waals surface area contributed by atoms with Crippen LogP contribution in [0.1, 0.15) is 44.9 Å². The molecule has 3 nitrogen and oxygen atoms in total. The summed E-state index contributed by atoms with van der Waals surface area (Å²) in [5.41, 5.74) is 2.47. The predicted molar refractivity (Wildman–Crippen MR) is 79.5 cm³/mol. The van der Waals surface area contributed by atoms with Crippen molar-refractivity contribution >= 4 is 5.82 Å². The van der Waals surface area contributed by atoms with Crippen LogP contribution in [0.5, 0.6) is 0 Å². The van der Waals surface area contributed by atoms with Gasteiger partial charge in [-0.25, -0.2) is 4.98 Å². The number of hydrogen-bond donors (Lipinski definition) is 2. The van der Waals surface area contributed by atoms with Gasteiger partial charge in [0.2, 0.25) is 0 Å². The molecule has 1 fully saturated rings.